The number of hydrogen-bond donors (Lipinski definition) is 1. The normalized spacial score (nSPS) is 12.7. The van der Waals surface area contributed by atoms with Crippen LogP contribution in [0.4, 0.5) is 15.8 Å². The van der Waals surface area contributed by atoms with E-state index in [1.807, 2.05) is 39.0 Å². The maximum Gasteiger partial charge on any atom is 0.248 e. The fourth-order valence-corrected chi connectivity index (χ4v) is 4.43. The molecule has 28 heavy (non-hydrogen) atoms. The van der Waals surface area contributed by atoms with Crippen LogP contribution in [0.1, 0.15) is 44.2 Å². The number of sulfonamides is 1. The van der Waals surface area contributed by atoms with Crippen LogP contribution in [0.3, 0.4) is 0 Å². The highest BCUT2D eigenvalue weighted by Gasteiger charge is 2.33. The summed E-state index contributed by atoms with van der Waals surface area (Å²) in [6, 6.07) is 10.2. The summed E-state index contributed by atoms with van der Waals surface area (Å²) in [6.45, 7) is 7.62. The van der Waals surface area contributed by atoms with Crippen LogP contribution in [0, 0.1) is 12.7 Å². The van der Waals surface area contributed by atoms with Crippen molar-refractivity contribution in [3.8, 4) is 0 Å². The van der Waals surface area contributed by atoms with Crippen molar-refractivity contribution < 1.29 is 17.6 Å². The minimum absolute atomic E-state index is 0.138. The van der Waals surface area contributed by atoms with Crippen LogP contribution in [0.5, 0.6) is 0 Å². The second kappa shape index (κ2) is 8.73. The molecule has 7 heteroatoms. The first-order valence-electron chi connectivity index (χ1n) is 9.22. The van der Waals surface area contributed by atoms with Gasteiger partial charge >= 0.3 is 0 Å². The van der Waals surface area contributed by atoms with Crippen LogP contribution in [-0.4, -0.2) is 26.6 Å². The first-order chi connectivity index (χ1) is 13.1. The van der Waals surface area contributed by atoms with Gasteiger partial charge in [-0.1, -0.05) is 51.1 Å². The lowest BCUT2D eigenvalue weighted by atomic mass is 9.98. The van der Waals surface area contributed by atoms with Gasteiger partial charge in [0.25, 0.3) is 0 Å². The standard InChI is InChI=1S/C21H27FN2O3S/c1-6-18(24(28(5,26)27)19-13-8-7-12-17(19)22)21(25)23-20-15(4)10-9-11-16(20)14(2)3/h7-14,18H,6H2,1-5H3,(H,23,25). The monoisotopic (exact) mass is 406 g/mol. The van der Waals surface area contributed by atoms with Crippen LogP contribution < -0.4 is 9.62 Å². The molecule has 0 aliphatic carbocycles. The van der Waals surface area contributed by atoms with Gasteiger partial charge in [0.2, 0.25) is 15.9 Å². The number of nitrogens with zero attached hydrogens (tertiary/aromatic N) is 1. The highest BCUT2D eigenvalue weighted by atomic mass is 32.2. The van der Waals surface area contributed by atoms with E-state index in [-0.39, 0.29) is 18.0 Å². The third kappa shape index (κ3) is 4.70. The zero-order valence-electron chi connectivity index (χ0n) is 16.9. The summed E-state index contributed by atoms with van der Waals surface area (Å²) in [5, 5.41) is 2.89. The van der Waals surface area contributed by atoms with E-state index < -0.39 is 27.8 Å². The maximum absolute atomic E-state index is 14.4. The smallest absolute Gasteiger partial charge is 0.248 e. The Bertz CT molecular complexity index is 958. The molecule has 1 N–H and O–H groups in total. The average molecular weight is 407 g/mol. The maximum atomic E-state index is 14.4. The average Bonchev–Trinajstić information content (AvgIpc) is 2.60. The van der Waals surface area contributed by atoms with Gasteiger partial charge in [-0.25, -0.2) is 12.8 Å². The highest BCUT2D eigenvalue weighted by molar-refractivity contribution is 7.92. The number of para-hydroxylation sites is 2. The van der Waals surface area contributed by atoms with Gasteiger partial charge in [-0.05, 0) is 42.5 Å². The Morgan fingerprint density at radius 3 is 2.32 bits per heavy atom. The molecule has 2 rings (SSSR count). The summed E-state index contributed by atoms with van der Waals surface area (Å²) < 4.78 is 40.1. The zero-order valence-corrected chi connectivity index (χ0v) is 17.7. The Labute approximate surface area is 166 Å². The van der Waals surface area contributed by atoms with Gasteiger partial charge in [-0.2, -0.15) is 0 Å². The fourth-order valence-electron chi connectivity index (χ4n) is 3.21. The molecule has 2 aromatic rings. The quantitative estimate of drug-likeness (QED) is 0.739. The lowest BCUT2D eigenvalue weighted by molar-refractivity contribution is -0.117. The van der Waals surface area contributed by atoms with E-state index in [1.165, 1.54) is 18.2 Å². The van der Waals surface area contributed by atoms with E-state index in [0.717, 1.165) is 21.7 Å². The molecule has 0 spiro atoms. The molecule has 0 fully saturated rings. The number of hydrogen-bond acceptors (Lipinski definition) is 3. The molecule has 0 aromatic heterocycles. The van der Waals surface area contributed by atoms with Gasteiger partial charge in [-0.15, -0.1) is 0 Å². The second-order valence-corrected chi connectivity index (χ2v) is 8.98. The van der Waals surface area contributed by atoms with E-state index in [0.29, 0.717) is 5.69 Å². The number of aryl methyl sites for hydroxylation is 1. The molecule has 1 atom stereocenters. The van der Waals surface area contributed by atoms with Crippen molar-refractivity contribution in [2.75, 3.05) is 15.9 Å². The predicted octanol–water partition coefficient (Wildman–Crippen LogP) is 4.44. The Kier molecular flexibility index (Phi) is 6.82. The SMILES string of the molecule is CCC(C(=O)Nc1c(C)cccc1C(C)C)N(c1ccccc1F)S(C)(=O)=O. The third-order valence-electron chi connectivity index (χ3n) is 4.59. The highest BCUT2D eigenvalue weighted by Crippen LogP contribution is 2.30. The third-order valence-corrected chi connectivity index (χ3v) is 5.76. The van der Waals surface area contributed by atoms with E-state index >= 15 is 0 Å². The lowest BCUT2D eigenvalue weighted by Gasteiger charge is -2.31. The Morgan fingerprint density at radius 1 is 1.14 bits per heavy atom. The molecule has 0 heterocycles. The van der Waals surface area contributed by atoms with E-state index in [4.69, 9.17) is 0 Å². The van der Waals surface area contributed by atoms with Crippen LogP contribution in [0.25, 0.3) is 0 Å². The van der Waals surface area contributed by atoms with E-state index in [1.54, 1.807) is 13.0 Å². The first kappa shape index (κ1) is 21.9. The molecule has 0 saturated heterocycles. The van der Waals surface area contributed by atoms with Crippen LogP contribution in [0.2, 0.25) is 0 Å². The molecule has 2 aromatic carbocycles. The zero-order chi connectivity index (χ0) is 21.1. The Hall–Kier alpha value is -2.41. The number of carbonyl (C=O) groups excluding carboxylic acids is 1. The summed E-state index contributed by atoms with van der Waals surface area (Å²) in [7, 11) is -3.89. The molecular formula is C21H27FN2O3S. The van der Waals surface area contributed by atoms with Crippen molar-refractivity contribution in [3.05, 3.63) is 59.4 Å². The summed E-state index contributed by atoms with van der Waals surface area (Å²) >= 11 is 0. The number of rotatable bonds is 7. The molecule has 0 bridgehead atoms. The van der Waals surface area contributed by atoms with Crippen molar-refractivity contribution in [2.45, 2.75) is 46.1 Å². The number of nitrogens with one attached hydrogen (secondary N) is 1. The molecule has 0 saturated carbocycles. The number of benzene rings is 2. The van der Waals surface area contributed by atoms with Crippen molar-refractivity contribution in [1.29, 1.82) is 0 Å². The first-order valence-corrected chi connectivity index (χ1v) is 11.1. The topological polar surface area (TPSA) is 66.5 Å². The Balaban J connectivity index is 2.49. The van der Waals surface area contributed by atoms with Gasteiger partial charge in [0.15, 0.2) is 0 Å². The predicted molar refractivity (Wildman–Crippen MR) is 112 cm³/mol. The number of halogens is 1. The number of carbonyl (C=O) groups is 1. The summed E-state index contributed by atoms with van der Waals surface area (Å²) in [4.78, 5) is 13.1. The summed E-state index contributed by atoms with van der Waals surface area (Å²) in [5.74, 6) is -1.02. The molecule has 5 nitrogen and oxygen atoms in total. The largest absolute Gasteiger partial charge is 0.324 e. The van der Waals surface area contributed by atoms with Crippen molar-refractivity contribution in [2.24, 2.45) is 0 Å². The molecular weight excluding hydrogens is 379 g/mol. The van der Waals surface area contributed by atoms with Crippen LogP contribution >= 0.6 is 0 Å². The summed E-state index contributed by atoms with van der Waals surface area (Å²) in [5.41, 5.74) is 2.37. The van der Waals surface area contributed by atoms with Gasteiger partial charge in [0.05, 0.1) is 11.9 Å². The molecule has 1 unspecified atom stereocenters. The molecule has 152 valence electrons. The number of amides is 1. The van der Waals surface area contributed by atoms with Gasteiger partial charge < -0.3 is 5.32 Å². The minimum Gasteiger partial charge on any atom is -0.324 e. The fraction of sp³-hybridized carbons (Fsp3) is 0.381. The van der Waals surface area contributed by atoms with Gasteiger partial charge in [0, 0.05) is 5.69 Å². The Morgan fingerprint density at radius 2 is 1.79 bits per heavy atom. The second-order valence-electron chi connectivity index (χ2n) is 7.12. The van der Waals surface area contributed by atoms with Gasteiger partial charge in [0.1, 0.15) is 11.9 Å². The van der Waals surface area contributed by atoms with Crippen LogP contribution in [0.15, 0.2) is 42.5 Å². The summed E-state index contributed by atoms with van der Waals surface area (Å²) in [6.07, 6.45) is 1.17. The molecule has 0 aliphatic heterocycles. The molecule has 0 aliphatic rings. The van der Waals surface area contributed by atoms with E-state index in [2.05, 4.69) is 5.32 Å². The molecule has 1 amide bonds. The minimum atomic E-state index is -3.89. The lowest BCUT2D eigenvalue weighted by Crippen LogP contribution is -2.47. The number of anilines is 2. The van der Waals surface area contributed by atoms with Crippen molar-refractivity contribution in [3.63, 3.8) is 0 Å². The van der Waals surface area contributed by atoms with Gasteiger partial charge in [-0.3, -0.25) is 9.10 Å². The van der Waals surface area contributed by atoms with E-state index in [9.17, 15) is 17.6 Å². The van der Waals surface area contributed by atoms with Crippen molar-refractivity contribution >= 4 is 27.3 Å². The van der Waals surface area contributed by atoms with Crippen LogP contribution in [-0.2, 0) is 14.8 Å². The van der Waals surface area contributed by atoms with Crippen molar-refractivity contribution in [1.82, 2.24) is 0 Å². The molecule has 0 radical (unpaired) electrons.